The summed E-state index contributed by atoms with van der Waals surface area (Å²) in [6.45, 7) is 0.0186. The van der Waals surface area contributed by atoms with Crippen molar-refractivity contribution in [1.82, 2.24) is 15.1 Å². The monoisotopic (exact) mass is 604 g/mol. The predicted molar refractivity (Wildman–Crippen MR) is 143 cm³/mol. The van der Waals surface area contributed by atoms with E-state index in [9.17, 15) is 22.8 Å². The molecule has 206 valence electrons. The van der Waals surface area contributed by atoms with E-state index in [1.54, 1.807) is 6.20 Å². The van der Waals surface area contributed by atoms with E-state index in [0.29, 0.717) is 44.2 Å². The molecule has 1 atom stereocenters. The largest absolute Gasteiger partial charge is 0.490 e. The van der Waals surface area contributed by atoms with Gasteiger partial charge in [-0.3, -0.25) is 14.7 Å². The highest BCUT2D eigenvalue weighted by molar-refractivity contribution is 9.10. The van der Waals surface area contributed by atoms with E-state index in [4.69, 9.17) is 4.74 Å². The van der Waals surface area contributed by atoms with Gasteiger partial charge in [-0.15, -0.1) is 0 Å². The van der Waals surface area contributed by atoms with Crippen LogP contribution in [0.25, 0.3) is 10.9 Å². The van der Waals surface area contributed by atoms with Crippen molar-refractivity contribution in [3.05, 3.63) is 52.6 Å². The van der Waals surface area contributed by atoms with Gasteiger partial charge < -0.3 is 14.5 Å². The van der Waals surface area contributed by atoms with Crippen molar-refractivity contribution in [2.24, 2.45) is 0 Å². The SMILES string of the molecule is O=C(CN1C(=O)C2(CCC(Oc3ccc4[nH]ncc4c3)CC2)c2c(Br)cccc21)N1CCC[C@H]1CC(F)(F)F. The van der Waals surface area contributed by atoms with E-state index in [0.717, 1.165) is 26.7 Å². The Morgan fingerprint density at radius 3 is 2.74 bits per heavy atom. The molecule has 1 saturated heterocycles. The number of hydrogen-bond donors (Lipinski definition) is 1. The summed E-state index contributed by atoms with van der Waals surface area (Å²) in [4.78, 5) is 30.1. The first kappa shape index (κ1) is 26.2. The molecule has 11 heteroatoms. The van der Waals surface area contributed by atoms with E-state index in [1.165, 1.54) is 9.80 Å². The highest BCUT2D eigenvalue weighted by atomic mass is 79.9. The molecule has 2 fully saturated rings. The lowest BCUT2D eigenvalue weighted by Gasteiger charge is -2.37. The number of nitrogens with zero attached hydrogens (tertiary/aromatic N) is 3. The van der Waals surface area contributed by atoms with Crippen LogP contribution in [-0.4, -0.2) is 58.3 Å². The number of ether oxygens (including phenoxy) is 1. The van der Waals surface area contributed by atoms with Gasteiger partial charge in [0.1, 0.15) is 12.3 Å². The lowest BCUT2D eigenvalue weighted by Crippen LogP contribution is -2.49. The Kier molecular flexibility index (Phi) is 6.60. The summed E-state index contributed by atoms with van der Waals surface area (Å²) in [6.07, 6.45) is -0.445. The fourth-order valence-corrected chi connectivity index (χ4v) is 7.30. The summed E-state index contributed by atoms with van der Waals surface area (Å²) in [5, 5.41) is 7.92. The maximum absolute atomic E-state index is 14.0. The molecule has 2 aliphatic heterocycles. The lowest BCUT2D eigenvalue weighted by molar-refractivity contribution is -0.151. The number of carbonyl (C=O) groups is 2. The second kappa shape index (κ2) is 9.83. The van der Waals surface area contributed by atoms with Crippen LogP contribution in [0.3, 0.4) is 0 Å². The van der Waals surface area contributed by atoms with Crippen molar-refractivity contribution in [3.63, 3.8) is 0 Å². The number of hydrogen-bond acceptors (Lipinski definition) is 4. The van der Waals surface area contributed by atoms with Gasteiger partial charge in [0.2, 0.25) is 11.8 Å². The van der Waals surface area contributed by atoms with Crippen LogP contribution in [0, 0.1) is 0 Å². The standard InChI is InChI=1S/C28H28BrF3N4O3/c29-21-4-1-5-23-25(21)27(10-8-19(9-11-27)39-20-6-7-22-17(13-20)15-33-34-22)26(38)36(23)16-24(37)35-12-2-3-18(35)14-28(30,31)32/h1,4-7,13,15,18-19H,2-3,8-12,14,16H2,(H,33,34)/t18-,19?,27?/m0/s1. The van der Waals surface area contributed by atoms with Crippen molar-refractivity contribution in [2.45, 2.75) is 68.7 Å². The Morgan fingerprint density at radius 2 is 1.97 bits per heavy atom. The van der Waals surface area contributed by atoms with Gasteiger partial charge in [-0.25, -0.2) is 0 Å². The Labute approximate surface area is 231 Å². The zero-order valence-corrected chi connectivity index (χ0v) is 22.7. The van der Waals surface area contributed by atoms with Gasteiger partial charge in [-0.05, 0) is 68.9 Å². The van der Waals surface area contributed by atoms with Gasteiger partial charge in [0.05, 0.1) is 29.7 Å². The maximum Gasteiger partial charge on any atom is 0.391 e. The molecule has 3 heterocycles. The Hall–Kier alpha value is -3.08. The third-order valence-electron chi connectivity index (χ3n) is 8.37. The number of likely N-dealkylation sites (tertiary alicyclic amines) is 1. The summed E-state index contributed by atoms with van der Waals surface area (Å²) >= 11 is 3.64. The molecule has 0 unspecified atom stereocenters. The lowest BCUT2D eigenvalue weighted by atomic mass is 9.69. The van der Waals surface area contributed by atoms with Gasteiger partial charge in [-0.2, -0.15) is 18.3 Å². The first-order valence-corrected chi connectivity index (χ1v) is 14.0. The van der Waals surface area contributed by atoms with Crippen LogP contribution in [0.2, 0.25) is 0 Å². The molecule has 7 nitrogen and oxygen atoms in total. The number of rotatable bonds is 5. The predicted octanol–water partition coefficient (Wildman–Crippen LogP) is 5.87. The number of aromatic nitrogens is 2. The zero-order chi connectivity index (χ0) is 27.4. The molecule has 0 bridgehead atoms. The van der Waals surface area contributed by atoms with Gasteiger partial charge >= 0.3 is 6.18 Å². The Morgan fingerprint density at radius 1 is 1.18 bits per heavy atom. The van der Waals surface area contributed by atoms with Crippen LogP contribution in [0.1, 0.15) is 50.5 Å². The zero-order valence-electron chi connectivity index (χ0n) is 21.1. The number of halogens is 4. The molecule has 0 radical (unpaired) electrons. The molecule has 2 amide bonds. The number of alkyl halides is 3. The first-order chi connectivity index (χ1) is 18.6. The first-order valence-electron chi connectivity index (χ1n) is 13.2. The van der Waals surface area contributed by atoms with Crippen molar-refractivity contribution >= 4 is 44.3 Å². The molecular weight excluding hydrogens is 577 g/mol. The molecule has 3 aliphatic rings. The molecule has 6 rings (SSSR count). The van der Waals surface area contributed by atoms with E-state index in [1.807, 2.05) is 36.4 Å². The van der Waals surface area contributed by atoms with Crippen LogP contribution in [-0.2, 0) is 15.0 Å². The average Bonchev–Trinajstić information content (AvgIpc) is 3.60. The van der Waals surface area contributed by atoms with Crippen molar-refractivity contribution in [1.29, 1.82) is 0 Å². The smallest absolute Gasteiger partial charge is 0.391 e. The molecule has 3 aromatic rings. The number of H-pyrrole nitrogens is 1. The summed E-state index contributed by atoms with van der Waals surface area (Å²) in [5.74, 6) is 0.141. The van der Waals surface area contributed by atoms with E-state index in [2.05, 4.69) is 26.1 Å². The average molecular weight is 605 g/mol. The number of carbonyl (C=O) groups excluding carboxylic acids is 2. The molecule has 1 N–H and O–H groups in total. The topological polar surface area (TPSA) is 78.5 Å². The minimum Gasteiger partial charge on any atom is -0.490 e. The quantitative estimate of drug-likeness (QED) is 0.395. The summed E-state index contributed by atoms with van der Waals surface area (Å²) in [6, 6.07) is 10.4. The van der Waals surface area contributed by atoms with Crippen molar-refractivity contribution < 1.29 is 27.5 Å². The number of amides is 2. The number of aromatic amines is 1. The van der Waals surface area contributed by atoms with Crippen LogP contribution >= 0.6 is 15.9 Å². The molecule has 39 heavy (non-hydrogen) atoms. The number of nitrogens with one attached hydrogen (secondary N) is 1. The highest BCUT2D eigenvalue weighted by Crippen LogP contribution is 2.53. The van der Waals surface area contributed by atoms with Crippen molar-refractivity contribution in [2.75, 3.05) is 18.0 Å². The van der Waals surface area contributed by atoms with Gasteiger partial charge in [0.15, 0.2) is 0 Å². The Bertz CT molecular complexity index is 1420. The normalized spacial score (nSPS) is 25.1. The van der Waals surface area contributed by atoms with E-state index >= 15 is 0 Å². The molecule has 1 spiro atoms. The van der Waals surface area contributed by atoms with Gasteiger partial charge in [-0.1, -0.05) is 22.0 Å². The van der Waals surface area contributed by atoms with Crippen LogP contribution in [0.15, 0.2) is 47.1 Å². The third-order valence-corrected chi connectivity index (χ3v) is 9.03. The minimum absolute atomic E-state index is 0.0675. The Balaban J connectivity index is 1.20. The molecule has 2 aromatic carbocycles. The van der Waals surface area contributed by atoms with E-state index in [-0.39, 0.29) is 25.1 Å². The fourth-order valence-electron chi connectivity index (χ4n) is 6.56. The number of fused-ring (bicyclic) bond motifs is 3. The van der Waals surface area contributed by atoms with Crippen LogP contribution < -0.4 is 9.64 Å². The summed E-state index contributed by atoms with van der Waals surface area (Å²) in [5.41, 5.74) is 1.63. The van der Waals surface area contributed by atoms with Crippen LogP contribution in [0.4, 0.5) is 18.9 Å². The minimum atomic E-state index is -4.34. The number of benzene rings is 2. The molecule has 1 aromatic heterocycles. The van der Waals surface area contributed by atoms with Crippen molar-refractivity contribution in [3.8, 4) is 5.75 Å². The van der Waals surface area contributed by atoms with E-state index < -0.39 is 30.0 Å². The fraction of sp³-hybridized carbons (Fsp3) is 0.464. The maximum atomic E-state index is 14.0. The molecule has 1 aliphatic carbocycles. The molecule has 1 saturated carbocycles. The second-order valence-electron chi connectivity index (χ2n) is 10.7. The van der Waals surface area contributed by atoms with Gasteiger partial charge in [0.25, 0.3) is 0 Å². The third kappa shape index (κ3) is 4.79. The molecular formula is C28H28BrF3N4O3. The van der Waals surface area contributed by atoms with Gasteiger partial charge in [0, 0.05) is 33.7 Å². The summed E-state index contributed by atoms with van der Waals surface area (Å²) < 4.78 is 46.3. The highest BCUT2D eigenvalue weighted by Gasteiger charge is 2.54. The summed E-state index contributed by atoms with van der Waals surface area (Å²) in [7, 11) is 0. The number of anilines is 1. The van der Waals surface area contributed by atoms with Crippen LogP contribution in [0.5, 0.6) is 5.75 Å². The second-order valence-corrected chi connectivity index (χ2v) is 11.6.